The Labute approximate surface area is 172 Å². The smallest absolute Gasteiger partial charge is 0.282 e. The molecule has 28 heavy (non-hydrogen) atoms. The van der Waals surface area contributed by atoms with Gasteiger partial charge in [0.2, 0.25) is 5.91 Å². The van der Waals surface area contributed by atoms with Gasteiger partial charge in [-0.25, -0.2) is 8.78 Å². The second-order valence-electron chi connectivity index (χ2n) is 6.97. The molecular formula is C19H22Cl2F2N4O. The van der Waals surface area contributed by atoms with Crippen LogP contribution < -0.4 is 0 Å². The number of aryl methyl sites for hydroxylation is 1. The number of hydrogen-bond acceptors (Lipinski definition) is 3. The quantitative estimate of drug-likeness (QED) is 0.708. The summed E-state index contributed by atoms with van der Waals surface area (Å²) < 4.78 is 27.1. The number of carbonyl (C=O) groups excluding carboxylic acids is 1. The molecule has 0 N–H and O–H groups in total. The number of nitrogens with zero attached hydrogens (tertiary/aromatic N) is 4. The second kappa shape index (κ2) is 8.76. The SMILES string of the molecule is Cc1cc(C(F)F)nn1C(C)C(=O)N1CCN(Cc2ccc(Cl)cc2Cl)CC1. The average Bonchev–Trinajstić information content (AvgIpc) is 3.05. The first-order valence-electron chi connectivity index (χ1n) is 9.05. The number of hydrogen-bond donors (Lipinski definition) is 0. The molecule has 0 spiro atoms. The molecule has 0 radical (unpaired) electrons. The zero-order valence-corrected chi connectivity index (χ0v) is 17.2. The van der Waals surface area contributed by atoms with Crippen molar-refractivity contribution in [3.8, 4) is 0 Å². The average molecular weight is 431 g/mol. The summed E-state index contributed by atoms with van der Waals surface area (Å²) in [5, 5.41) is 5.12. The molecule has 5 nitrogen and oxygen atoms in total. The predicted molar refractivity (Wildman–Crippen MR) is 105 cm³/mol. The van der Waals surface area contributed by atoms with Crippen LogP contribution >= 0.6 is 23.2 Å². The first-order chi connectivity index (χ1) is 13.3. The van der Waals surface area contributed by atoms with Gasteiger partial charge in [0, 0.05) is 48.5 Å². The van der Waals surface area contributed by atoms with Gasteiger partial charge in [0.05, 0.1) is 0 Å². The molecule has 2 aromatic rings. The number of amides is 1. The van der Waals surface area contributed by atoms with Crippen molar-refractivity contribution in [1.82, 2.24) is 19.6 Å². The zero-order chi connectivity index (χ0) is 20.4. The molecule has 152 valence electrons. The molecule has 2 heterocycles. The van der Waals surface area contributed by atoms with E-state index < -0.39 is 12.5 Å². The van der Waals surface area contributed by atoms with Gasteiger partial charge in [0.25, 0.3) is 6.43 Å². The fourth-order valence-corrected chi connectivity index (χ4v) is 3.87. The summed E-state index contributed by atoms with van der Waals surface area (Å²) in [5.74, 6) is -0.115. The minimum atomic E-state index is -2.65. The molecule has 1 amide bonds. The molecule has 0 saturated carbocycles. The largest absolute Gasteiger partial charge is 0.338 e. The lowest BCUT2D eigenvalue weighted by Gasteiger charge is -2.36. The monoisotopic (exact) mass is 430 g/mol. The predicted octanol–water partition coefficient (Wildman–Crippen LogP) is 4.34. The zero-order valence-electron chi connectivity index (χ0n) is 15.7. The summed E-state index contributed by atoms with van der Waals surface area (Å²) in [6, 6.07) is 6.14. The van der Waals surface area contributed by atoms with Gasteiger partial charge in [-0.1, -0.05) is 29.3 Å². The van der Waals surface area contributed by atoms with Gasteiger partial charge in [-0.3, -0.25) is 14.4 Å². The number of piperazine rings is 1. The van der Waals surface area contributed by atoms with Crippen molar-refractivity contribution >= 4 is 29.1 Å². The molecule has 3 rings (SSSR count). The number of halogens is 4. The molecule has 1 aromatic heterocycles. The van der Waals surface area contributed by atoms with E-state index in [1.54, 1.807) is 24.8 Å². The van der Waals surface area contributed by atoms with Gasteiger partial charge in [0.15, 0.2) is 0 Å². The van der Waals surface area contributed by atoms with Crippen LogP contribution in [0.2, 0.25) is 10.0 Å². The Morgan fingerprint density at radius 1 is 1.18 bits per heavy atom. The van der Waals surface area contributed by atoms with Crippen molar-refractivity contribution < 1.29 is 13.6 Å². The maximum absolute atomic E-state index is 12.9. The molecule has 1 aliphatic heterocycles. The van der Waals surface area contributed by atoms with Crippen LogP contribution in [0.1, 0.15) is 36.3 Å². The van der Waals surface area contributed by atoms with E-state index in [0.29, 0.717) is 48.5 Å². The fourth-order valence-electron chi connectivity index (χ4n) is 3.40. The van der Waals surface area contributed by atoms with Crippen LogP contribution in [0.3, 0.4) is 0 Å². The standard InChI is InChI=1S/C19H22Cl2F2N4O/c1-12-9-17(18(22)23)24-27(12)13(2)19(28)26-7-5-25(6-8-26)11-14-3-4-15(20)10-16(14)21/h3-4,9-10,13,18H,5-8,11H2,1-2H3. The van der Waals surface area contributed by atoms with Crippen molar-refractivity contribution in [2.75, 3.05) is 26.2 Å². The first kappa shape index (κ1) is 21.0. The highest BCUT2D eigenvalue weighted by molar-refractivity contribution is 6.35. The molecule has 1 unspecified atom stereocenters. The highest BCUT2D eigenvalue weighted by atomic mass is 35.5. The topological polar surface area (TPSA) is 41.4 Å². The summed E-state index contributed by atoms with van der Waals surface area (Å²) in [4.78, 5) is 16.8. The van der Waals surface area contributed by atoms with Crippen LogP contribution in [0.15, 0.2) is 24.3 Å². The summed E-state index contributed by atoms with van der Waals surface area (Å²) in [6.45, 7) is 6.60. The van der Waals surface area contributed by atoms with Gasteiger partial charge in [-0.15, -0.1) is 0 Å². The van der Waals surface area contributed by atoms with Crippen LogP contribution in [0, 0.1) is 6.92 Å². The summed E-state index contributed by atoms with van der Waals surface area (Å²) in [5.41, 5.74) is 1.24. The lowest BCUT2D eigenvalue weighted by Crippen LogP contribution is -2.50. The van der Waals surface area contributed by atoms with Crippen LogP contribution in [0.4, 0.5) is 8.78 Å². The van der Waals surface area contributed by atoms with Crippen molar-refractivity contribution in [2.24, 2.45) is 0 Å². The van der Waals surface area contributed by atoms with Crippen LogP contribution in [-0.2, 0) is 11.3 Å². The molecule has 1 saturated heterocycles. The lowest BCUT2D eigenvalue weighted by atomic mass is 10.2. The van der Waals surface area contributed by atoms with E-state index in [0.717, 1.165) is 5.56 Å². The molecule has 1 aliphatic rings. The Balaban J connectivity index is 1.59. The Kier molecular flexibility index (Phi) is 6.58. The van der Waals surface area contributed by atoms with Gasteiger partial charge in [-0.05, 0) is 37.6 Å². The number of alkyl halides is 2. The maximum atomic E-state index is 12.9. The third kappa shape index (κ3) is 4.64. The van der Waals surface area contributed by atoms with Gasteiger partial charge >= 0.3 is 0 Å². The highest BCUT2D eigenvalue weighted by Gasteiger charge is 2.28. The molecule has 0 bridgehead atoms. The Bertz CT molecular complexity index is 850. The Hall–Kier alpha value is -1.70. The summed E-state index contributed by atoms with van der Waals surface area (Å²) in [6.07, 6.45) is -2.65. The number of rotatable bonds is 5. The van der Waals surface area contributed by atoms with Crippen LogP contribution in [0.5, 0.6) is 0 Å². The summed E-state index contributed by atoms with van der Waals surface area (Å²) >= 11 is 12.2. The highest BCUT2D eigenvalue weighted by Crippen LogP contribution is 2.24. The molecule has 1 aromatic carbocycles. The van der Waals surface area contributed by atoms with Gasteiger partial charge in [-0.2, -0.15) is 5.10 Å². The van der Waals surface area contributed by atoms with E-state index in [1.165, 1.54) is 10.7 Å². The van der Waals surface area contributed by atoms with E-state index in [1.807, 2.05) is 12.1 Å². The maximum Gasteiger partial charge on any atom is 0.282 e. The number of carbonyl (C=O) groups is 1. The minimum Gasteiger partial charge on any atom is -0.338 e. The minimum absolute atomic E-state index is 0.115. The number of benzene rings is 1. The molecule has 0 aliphatic carbocycles. The van der Waals surface area contributed by atoms with Gasteiger partial charge < -0.3 is 4.90 Å². The van der Waals surface area contributed by atoms with E-state index >= 15 is 0 Å². The van der Waals surface area contributed by atoms with Crippen molar-refractivity contribution in [2.45, 2.75) is 32.9 Å². The van der Waals surface area contributed by atoms with Crippen molar-refractivity contribution in [3.63, 3.8) is 0 Å². The molecule has 9 heteroatoms. The Morgan fingerprint density at radius 3 is 2.43 bits per heavy atom. The lowest BCUT2D eigenvalue weighted by molar-refractivity contribution is -0.136. The van der Waals surface area contributed by atoms with E-state index in [9.17, 15) is 13.6 Å². The molecule has 1 atom stereocenters. The molecular weight excluding hydrogens is 409 g/mol. The third-order valence-electron chi connectivity index (χ3n) is 4.98. The molecule has 1 fully saturated rings. The fraction of sp³-hybridized carbons (Fsp3) is 0.474. The van der Waals surface area contributed by atoms with Crippen molar-refractivity contribution in [3.05, 3.63) is 51.3 Å². The van der Waals surface area contributed by atoms with E-state index in [-0.39, 0.29) is 11.6 Å². The third-order valence-corrected chi connectivity index (χ3v) is 5.57. The Morgan fingerprint density at radius 2 is 1.86 bits per heavy atom. The van der Waals surface area contributed by atoms with E-state index in [4.69, 9.17) is 23.2 Å². The normalized spacial score (nSPS) is 16.6. The van der Waals surface area contributed by atoms with Crippen LogP contribution in [0.25, 0.3) is 0 Å². The van der Waals surface area contributed by atoms with Crippen LogP contribution in [-0.4, -0.2) is 51.7 Å². The summed E-state index contributed by atoms with van der Waals surface area (Å²) in [7, 11) is 0. The number of aromatic nitrogens is 2. The van der Waals surface area contributed by atoms with Gasteiger partial charge in [0.1, 0.15) is 11.7 Å². The second-order valence-corrected chi connectivity index (χ2v) is 7.81. The van der Waals surface area contributed by atoms with Crippen molar-refractivity contribution in [1.29, 1.82) is 0 Å². The van der Waals surface area contributed by atoms with E-state index in [2.05, 4.69) is 10.00 Å². The first-order valence-corrected chi connectivity index (χ1v) is 9.81.